The van der Waals surface area contributed by atoms with Crippen LogP contribution in [0.2, 0.25) is 0 Å². The predicted octanol–water partition coefficient (Wildman–Crippen LogP) is -0.905. The average Bonchev–Trinajstić information content (AvgIpc) is 2.70. The van der Waals surface area contributed by atoms with Gasteiger partial charge in [-0.05, 0) is 19.3 Å². The third-order valence-electron chi connectivity index (χ3n) is 2.86. The molecular weight excluding hydrogens is 268 g/mol. The molecule has 1 saturated heterocycles. The van der Waals surface area contributed by atoms with E-state index in [0.717, 1.165) is 49.8 Å². The predicted molar refractivity (Wildman–Crippen MR) is 71.2 cm³/mol. The molecule has 0 aliphatic carbocycles. The molecule has 0 spiro atoms. The number of hydrogen-bond acceptors (Lipinski definition) is 4. The van der Waals surface area contributed by atoms with E-state index in [1.165, 1.54) is 6.08 Å². The van der Waals surface area contributed by atoms with Crippen LogP contribution in [0.5, 0.6) is 0 Å². The van der Waals surface area contributed by atoms with Gasteiger partial charge < -0.3 is 15.0 Å². The lowest BCUT2D eigenvalue weighted by molar-refractivity contribution is -0.129. The maximum absolute atomic E-state index is 11.9. The molecule has 1 aromatic rings. The number of nitrogens with zero attached hydrogens (tertiary/aromatic N) is 1. The first-order valence-corrected chi connectivity index (χ1v) is 6.82. The lowest BCUT2D eigenvalue weighted by atomic mass is 10.1. The van der Waals surface area contributed by atoms with Gasteiger partial charge in [-0.1, -0.05) is 0 Å². The number of aromatic nitrogens is 1. The van der Waals surface area contributed by atoms with E-state index >= 15 is 0 Å². The van der Waals surface area contributed by atoms with Crippen LogP contribution in [0.15, 0.2) is 4.79 Å². The van der Waals surface area contributed by atoms with E-state index in [4.69, 9.17) is 5.11 Å². The van der Waals surface area contributed by atoms with Crippen molar-refractivity contribution < 1.29 is 14.7 Å². The maximum Gasteiger partial charge on any atom is 0.329 e. The van der Waals surface area contributed by atoms with Crippen molar-refractivity contribution in [3.63, 3.8) is 0 Å². The molecular formula is C12H14N2O4S. The molecule has 1 aliphatic rings. The molecule has 0 atom stereocenters. The largest absolute Gasteiger partial charge is 0.478 e. The van der Waals surface area contributed by atoms with Gasteiger partial charge in [0, 0.05) is 25.2 Å². The van der Waals surface area contributed by atoms with Crippen molar-refractivity contribution >= 4 is 35.4 Å². The van der Waals surface area contributed by atoms with Crippen LogP contribution in [-0.4, -0.2) is 40.0 Å². The highest BCUT2D eigenvalue weighted by atomic mass is 32.1. The summed E-state index contributed by atoms with van der Waals surface area (Å²) < 4.78 is 0.471. The molecule has 0 aromatic carbocycles. The molecule has 19 heavy (non-hydrogen) atoms. The molecule has 0 saturated carbocycles. The summed E-state index contributed by atoms with van der Waals surface area (Å²) >= 11 is 0.973. The number of likely N-dealkylation sites (tertiary alicyclic amines) is 1. The number of thiazole rings is 1. The second kappa shape index (κ2) is 5.83. The van der Waals surface area contributed by atoms with Gasteiger partial charge in [0.15, 0.2) is 0 Å². The summed E-state index contributed by atoms with van der Waals surface area (Å²) in [5, 5.41) is 8.60. The molecule has 1 aromatic heterocycles. The van der Waals surface area contributed by atoms with Crippen LogP contribution in [0.1, 0.15) is 19.3 Å². The lowest BCUT2D eigenvalue weighted by Crippen LogP contribution is -2.35. The Balaban J connectivity index is 2.26. The SMILES string of the molecule is O=C(O)C=c1sc(=CC(=O)N2CCCCC2)[nH]c1=O. The minimum absolute atomic E-state index is 0.0881. The van der Waals surface area contributed by atoms with Crippen molar-refractivity contribution in [2.75, 3.05) is 13.1 Å². The maximum atomic E-state index is 11.9. The zero-order chi connectivity index (χ0) is 13.8. The molecule has 0 unspecified atom stereocenters. The van der Waals surface area contributed by atoms with Crippen LogP contribution < -0.4 is 14.8 Å². The van der Waals surface area contributed by atoms with Crippen LogP contribution in [0.4, 0.5) is 0 Å². The van der Waals surface area contributed by atoms with E-state index in [0.29, 0.717) is 4.66 Å². The van der Waals surface area contributed by atoms with E-state index in [1.807, 2.05) is 0 Å². The van der Waals surface area contributed by atoms with Crippen molar-refractivity contribution in [1.29, 1.82) is 0 Å². The zero-order valence-corrected chi connectivity index (χ0v) is 11.0. The molecule has 0 bridgehead atoms. The highest BCUT2D eigenvalue weighted by Gasteiger charge is 2.14. The molecule has 7 heteroatoms. The monoisotopic (exact) mass is 282 g/mol. The first-order chi connectivity index (χ1) is 9.06. The van der Waals surface area contributed by atoms with Gasteiger partial charge in [-0.15, -0.1) is 11.3 Å². The number of carboxylic acid groups (broad SMARTS) is 1. The fourth-order valence-corrected chi connectivity index (χ4v) is 2.80. The second-order valence-corrected chi connectivity index (χ2v) is 5.38. The van der Waals surface area contributed by atoms with Gasteiger partial charge in [0.2, 0.25) is 5.91 Å². The number of aromatic amines is 1. The van der Waals surface area contributed by atoms with Crippen molar-refractivity contribution in [1.82, 2.24) is 9.88 Å². The Labute approximate surface area is 112 Å². The Morgan fingerprint density at radius 1 is 1.21 bits per heavy atom. The van der Waals surface area contributed by atoms with Crippen LogP contribution in [0.25, 0.3) is 12.2 Å². The highest BCUT2D eigenvalue weighted by Crippen LogP contribution is 2.08. The van der Waals surface area contributed by atoms with Crippen LogP contribution in [0, 0.1) is 0 Å². The molecule has 1 fully saturated rings. The number of hydrogen-bond donors (Lipinski definition) is 2. The third-order valence-corrected chi connectivity index (χ3v) is 3.82. The topological polar surface area (TPSA) is 90.5 Å². The summed E-state index contributed by atoms with van der Waals surface area (Å²) in [6, 6.07) is 0. The van der Waals surface area contributed by atoms with Gasteiger partial charge in [-0.25, -0.2) is 4.79 Å². The summed E-state index contributed by atoms with van der Waals surface area (Å²) in [6.45, 7) is 1.47. The van der Waals surface area contributed by atoms with Crippen molar-refractivity contribution in [3.05, 3.63) is 19.5 Å². The molecule has 2 N–H and O–H groups in total. The molecule has 6 nitrogen and oxygen atoms in total. The number of nitrogens with one attached hydrogen (secondary N) is 1. The van der Waals surface area contributed by atoms with Crippen molar-refractivity contribution in [3.8, 4) is 0 Å². The van der Waals surface area contributed by atoms with Gasteiger partial charge in [0.1, 0.15) is 9.20 Å². The van der Waals surface area contributed by atoms with Gasteiger partial charge >= 0.3 is 5.97 Å². The fraction of sp³-hybridized carbons (Fsp3) is 0.417. The number of aliphatic carboxylic acids is 1. The Hall–Kier alpha value is -1.89. The number of piperidine rings is 1. The van der Waals surface area contributed by atoms with E-state index in [1.54, 1.807) is 4.90 Å². The van der Waals surface area contributed by atoms with Gasteiger partial charge in [-0.3, -0.25) is 9.59 Å². The normalized spacial score (nSPS) is 17.8. The van der Waals surface area contributed by atoms with Crippen molar-refractivity contribution in [2.45, 2.75) is 19.3 Å². The summed E-state index contributed by atoms with van der Waals surface area (Å²) in [7, 11) is 0. The third kappa shape index (κ3) is 3.54. The second-order valence-electron chi connectivity index (χ2n) is 4.30. The van der Waals surface area contributed by atoms with E-state index in [2.05, 4.69) is 4.98 Å². The number of amides is 1. The number of rotatable bonds is 2. The Kier molecular flexibility index (Phi) is 4.16. The number of carboxylic acids is 1. The minimum Gasteiger partial charge on any atom is -0.478 e. The number of H-pyrrole nitrogens is 1. The Morgan fingerprint density at radius 3 is 2.53 bits per heavy atom. The van der Waals surface area contributed by atoms with E-state index < -0.39 is 11.5 Å². The van der Waals surface area contributed by atoms with Gasteiger partial charge in [0.25, 0.3) is 5.56 Å². The van der Waals surface area contributed by atoms with Gasteiger partial charge in [-0.2, -0.15) is 0 Å². The van der Waals surface area contributed by atoms with Crippen LogP contribution in [0.3, 0.4) is 0 Å². The summed E-state index contributed by atoms with van der Waals surface area (Å²) in [5.41, 5.74) is -0.481. The van der Waals surface area contributed by atoms with E-state index in [-0.39, 0.29) is 10.4 Å². The van der Waals surface area contributed by atoms with Gasteiger partial charge in [0.05, 0.1) is 0 Å². The van der Waals surface area contributed by atoms with Crippen LogP contribution in [-0.2, 0) is 9.59 Å². The van der Waals surface area contributed by atoms with E-state index in [9.17, 15) is 14.4 Å². The molecule has 2 heterocycles. The summed E-state index contributed by atoms with van der Waals surface area (Å²) in [4.78, 5) is 38.1. The smallest absolute Gasteiger partial charge is 0.329 e. The number of carbonyl (C=O) groups excluding carboxylic acids is 1. The lowest BCUT2D eigenvalue weighted by Gasteiger charge is -2.25. The first-order valence-electron chi connectivity index (χ1n) is 6.00. The Morgan fingerprint density at radius 2 is 1.89 bits per heavy atom. The quantitative estimate of drug-likeness (QED) is 0.735. The highest BCUT2D eigenvalue weighted by molar-refractivity contribution is 7.07. The molecule has 1 aliphatic heterocycles. The standard InChI is InChI=1S/C12H14N2O4S/c15-10(14-4-2-1-3-5-14)7-9-13-12(18)8(19-9)6-11(16)17/h6-7H,1-5H2,(H,13,18)(H,16,17). The summed E-state index contributed by atoms with van der Waals surface area (Å²) in [6.07, 6.45) is 5.33. The average molecular weight is 282 g/mol. The fourth-order valence-electron chi connectivity index (χ4n) is 1.95. The molecule has 2 rings (SSSR count). The number of carbonyl (C=O) groups is 2. The minimum atomic E-state index is -1.18. The zero-order valence-electron chi connectivity index (χ0n) is 10.2. The first kappa shape index (κ1) is 13.5. The molecule has 1 amide bonds. The Bertz CT molecular complexity index is 652. The van der Waals surface area contributed by atoms with Crippen LogP contribution >= 0.6 is 11.3 Å². The molecule has 102 valence electrons. The molecule has 0 radical (unpaired) electrons. The van der Waals surface area contributed by atoms with Crippen molar-refractivity contribution in [2.24, 2.45) is 0 Å². The summed E-state index contributed by atoms with van der Waals surface area (Å²) in [5.74, 6) is -1.32.